The predicted molar refractivity (Wildman–Crippen MR) is 63.5 cm³/mol. The highest BCUT2D eigenvalue weighted by Crippen LogP contribution is 2.30. The van der Waals surface area contributed by atoms with Gasteiger partial charge in [0.2, 0.25) is 0 Å². The first-order chi connectivity index (χ1) is 7.87. The van der Waals surface area contributed by atoms with Gasteiger partial charge in [-0.3, -0.25) is 0 Å². The van der Waals surface area contributed by atoms with Crippen molar-refractivity contribution in [1.29, 1.82) is 0 Å². The molecule has 1 aromatic heterocycles. The van der Waals surface area contributed by atoms with Crippen molar-refractivity contribution in [2.75, 3.05) is 11.9 Å². The Balaban J connectivity index is 2.25. The van der Waals surface area contributed by atoms with Crippen molar-refractivity contribution in [3.63, 3.8) is 0 Å². The second-order valence-corrected chi connectivity index (χ2v) is 5.82. The summed E-state index contributed by atoms with van der Waals surface area (Å²) >= 11 is 0. The Morgan fingerprint density at radius 2 is 2.24 bits per heavy atom. The van der Waals surface area contributed by atoms with E-state index >= 15 is 0 Å². The molecular weight excluding hydrogens is 224 g/mol. The lowest BCUT2D eigenvalue weighted by atomic mass is 9.91. The van der Waals surface area contributed by atoms with Crippen LogP contribution < -0.4 is 5.32 Å². The molecule has 0 aliphatic carbocycles. The largest absolute Gasteiger partial charge is 0.370 e. The van der Waals surface area contributed by atoms with Gasteiger partial charge in [-0.1, -0.05) is 20.8 Å². The predicted octanol–water partition coefficient (Wildman–Crippen LogP) is 3.09. The van der Waals surface area contributed by atoms with Crippen LogP contribution in [-0.4, -0.2) is 22.8 Å². The third kappa shape index (κ3) is 2.76. The van der Waals surface area contributed by atoms with E-state index in [-0.39, 0.29) is 5.41 Å². The summed E-state index contributed by atoms with van der Waals surface area (Å²) in [5.41, 5.74) is 0.998. The SMILES string of the molecule is CC(C)(C)Cc1cc2n(n1)C(C(F)F)CCN2. The summed E-state index contributed by atoms with van der Waals surface area (Å²) in [4.78, 5) is 0. The highest BCUT2D eigenvalue weighted by atomic mass is 19.3. The highest BCUT2D eigenvalue weighted by molar-refractivity contribution is 5.39. The minimum atomic E-state index is -2.35. The Labute approximate surface area is 100 Å². The van der Waals surface area contributed by atoms with Crippen LogP contribution >= 0.6 is 0 Å². The maximum absolute atomic E-state index is 12.9. The zero-order chi connectivity index (χ0) is 12.6. The third-order valence-electron chi connectivity index (χ3n) is 2.85. The minimum Gasteiger partial charge on any atom is -0.370 e. The van der Waals surface area contributed by atoms with Crippen LogP contribution in [0.3, 0.4) is 0 Å². The Kier molecular flexibility index (Phi) is 3.10. The molecule has 3 nitrogen and oxygen atoms in total. The molecule has 0 spiro atoms. The van der Waals surface area contributed by atoms with E-state index in [9.17, 15) is 8.78 Å². The van der Waals surface area contributed by atoms with Crippen molar-refractivity contribution in [1.82, 2.24) is 9.78 Å². The molecule has 0 radical (unpaired) electrons. The fourth-order valence-corrected chi connectivity index (χ4v) is 2.16. The van der Waals surface area contributed by atoms with Gasteiger partial charge in [-0.05, 0) is 18.3 Å². The summed E-state index contributed by atoms with van der Waals surface area (Å²) in [5, 5.41) is 7.43. The van der Waals surface area contributed by atoms with Gasteiger partial charge in [0, 0.05) is 12.6 Å². The molecule has 17 heavy (non-hydrogen) atoms. The van der Waals surface area contributed by atoms with Crippen molar-refractivity contribution in [2.45, 2.75) is 46.1 Å². The number of nitrogens with one attached hydrogen (secondary N) is 1. The van der Waals surface area contributed by atoms with Gasteiger partial charge >= 0.3 is 0 Å². The molecule has 5 heteroatoms. The van der Waals surface area contributed by atoms with Crippen molar-refractivity contribution >= 4 is 5.82 Å². The van der Waals surface area contributed by atoms with Crippen LogP contribution in [0.15, 0.2) is 6.07 Å². The Bertz CT molecular complexity index is 393. The number of hydrogen-bond acceptors (Lipinski definition) is 2. The zero-order valence-corrected chi connectivity index (χ0v) is 10.5. The fraction of sp³-hybridized carbons (Fsp3) is 0.750. The molecule has 1 N–H and O–H groups in total. The summed E-state index contributed by atoms with van der Waals surface area (Å²) in [6.45, 7) is 6.94. The monoisotopic (exact) mass is 243 g/mol. The molecule has 1 aliphatic heterocycles. The summed E-state index contributed by atoms with van der Waals surface area (Å²) in [7, 11) is 0. The second-order valence-electron chi connectivity index (χ2n) is 5.82. The molecular formula is C12H19F2N3. The number of aromatic nitrogens is 2. The fourth-order valence-electron chi connectivity index (χ4n) is 2.16. The van der Waals surface area contributed by atoms with E-state index in [2.05, 4.69) is 31.2 Å². The van der Waals surface area contributed by atoms with Gasteiger partial charge in [0.25, 0.3) is 6.43 Å². The van der Waals surface area contributed by atoms with Crippen LogP contribution in [0.5, 0.6) is 0 Å². The van der Waals surface area contributed by atoms with E-state index in [0.29, 0.717) is 13.0 Å². The highest BCUT2D eigenvalue weighted by Gasteiger charge is 2.29. The molecule has 1 atom stereocenters. The number of nitrogens with zero attached hydrogens (tertiary/aromatic N) is 2. The molecule has 96 valence electrons. The lowest BCUT2D eigenvalue weighted by Gasteiger charge is -2.24. The molecule has 1 aromatic rings. The van der Waals surface area contributed by atoms with E-state index in [4.69, 9.17) is 0 Å². The van der Waals surface area contributed by atoms with E-state index in [1.807, 2.05) is 6.07 Å². The molecule has 0 bridgehead atoms. The Hall–Kier alpha value is -1.13. The van der Waals surface area contributed by atoms with Crippen molar-refractivity contribution in [3.8, 4) is 0 Å². The Morgan fingerprint density at radius 3 is 2.82 bits per heavy atom. The van der Waals surface area contributed by atoms with Crippen LogP contribution in [0.1, 0.15) is 38.9 Å². The average Bonchev–Trinajstić information content (AvgIpc) is 2.55. The number of fused-ring (bicyclic) bond motifs is 1. The first-order valence-electron chi connectivity index (χ1n) is 5.97. The minimum absolute atomic E-state index is 0.116. The molecule has 1 unspecified atom stereocenters. The molecule has 1 aliphatic rings. The third-order valence-corrected chi connectivity index (χ3v) is 2.85. The summed E-state index contributed by atoms with van der Waals surface area (Å²) in [5.74, 6) is 0.723. The number of hydrogen-bond donors (Lipinski definition) is 1. The van der Waals surface area contributed by atoms with Gasteiger partial charge < -0.3 is 5.32 Å². The molecule has 0 saturated carbocycles. The molecule has 2 rings (SSSR count). The number of rotatable bonds is 2. The van der Waals surface area contributed by atoms with Gasteiger partial charge in [0.1, 0.15) is 11.9 Å². The summed E-state index contributed by atoms with van der Waals surface area (Å²) in [6.07, 6.45) is -1.12. The van der Waals surface area contributed by atoms with E-state index in [0.717, 1.165) is 17.9 Å². The van der Waals surface area contributed by atoms with Crippen LogP contribution in [-0.2, 0) is 6.42 Å². The van der Waals surface area contributed by atoms with Gasteiger partial charge in [0.15, 0.2) is 0 Å². The van der Waals surface area contributed by atoms with Crippen molar-refractivity contribution in [3.05, 3.63) is 11.8 Å². The van der Waals surface area contributed by atoms with Crippen molar-refractivity contribution < 1.29 is 8.78 Å². The lowest BCUT2D eigenvalue weighted by molar-refractivity contribution is 0.0712. The van der Waals surface area contributed by atoms with Crippen LogP contribution in [0.25, 0.3) is 0 Å². The van der Waals surface area contributed by atoms with Crippen molar-refractivity contribution in [2.24, 2.45) is 5.41 Å². The quantitative estimate of drug-likeness (QED) is 0.865. The first kappa shape index (κ1) is 12.3. The average molecular weight is 243 g/mol. The Morgan fingerprint density at radius 1 is 1.53 bits per heavy atom. The number of anilines is 1. The molecule has 0 saturated heterocycles. The lowest BCUT2D eigenvalue weighted by Crippen LogP contribution is -2.28. The molecule has 0 fully saturated rings. The molecule has 2 heterocycles. The number of halogens is 2. The maximum Gasteiger partial charge on any atom is 0.260 e. The van der Waals surface area contributed by atoms with Crippen LogP contribution in [0.2, 0.25) is 0 Å². The maximum atomic E-state index is 12.9. The van der Waals surface area contributed by atoms with Gasteiger partial charge in [-0.2, -0.15) is 5.10 Å². The summed E-state index contributed by atoms with van der Waals surface area (Å²) < 4.78 is 27.2. The topological polar surface area (TPSA) is 29.9 Å². The normalized spacial score (nSPS) is 20.2. The second kappa shape index (κ2) is 4.27. The van der Waals surface area contributed by atoms with E-state index in [1.54, 1.807) is 0 Å². The van der Waals surface area contributed by atoms with Crippen LogP contribution in [0, 0.1) is 5.41 Å². The van der Waals surface area contributed by atoms with E-state index in [1.165, 1.54) is 4.68 Å². The smallest absolute Gasteiger partial charge is 0.260 e. The van der Waals surface area contributed by atoms with Crippen LogP contribution in [0.4, 0.5) is 14.6 Å². The van der Waals surface area contributed by atoms with E-state index < -0.39 is 12.5 Å². The standard InChI is InChI=1S/C12H19F2N3/c1-12(2,3)7-8-6-10-15-5-4-9(11(13)14)17(10)16-8/h6,9,11,15H,4-5,7H2,1-3H3. The van der Waals surface area contributed by atoms with Gasteiger partial charge in [0.05, 0.1) is 5.69 Å². The number of alkyl halides is 2. The van der Waals surface area contributed by atoms with Gasteiger partial charge in [-0.15, -0.1) is 0 Å². The molecule has 0 aromatic carbocycles. The zero-order valence-electron chi connectivity index (χ0n) is 10.5. The summed E-state index contributed by atoms with van der Waals surface area (Å²) in [6, 6.07) is 1.11. The van der Waals surface area contributed by atoms with Gasteiger partial charge in [-0.25, -0.2) is 13.5 Å². The molecule has 0 amide bonds. The first-order valence-corrected chi connectivity index (χ1v) is 5.97.